The van der Waals surface area contributed by atoms with Crippen LogP contribution in [-0.2, 0) is 6.42 Å². The summed E-state index contributed by atoms with van der Waals surface area (Å²) in [5.74, 6) is -1.11. The smallest absolute Gasteiger partial charge is 0.371 e. The van der Waals surface area contributed by atoms with E-state index in [0.717, 1.165) is 35.8 Å². The summed E-state index contributed by atoms with van der Waals surface area (Å²) in [4.78, 5) is 23.4. The van der Waals surface area contributed by atoms with Gasteiger partial charge in [0.05, 0.1) is 12.0 Å². The second kappa shape index (κ2) is 10.6. The molecule has 1 N–H and O–H groups in total. The fourth-order valence-electron chi connectivity index (χ4n) is 3.61. The van der Waals surface area contributed by atoms with Crippen molar-refractivity contribution < 1.29 is 23.4 Å². The summed E-state index contributed by atoms with van der Waals surface area (Å²) in [6, 6.07) is 20.4. The molecule has 0 radical (unpaired) electrons. The number of aryl methyl sites for hydroxylation is 1. The van der Waals surface area contributed by atoms with Crippen molar-refractivity contribution in [2.75, 3.05) is 6.61 Å². The van der Waals surface area contributed by atoms with Crippen molar-refractivity contribution in [3.8, 4) is 5.75 Å². The number of aromatic carboxylic acids is 1. The van der Waals surface area contributed by atoms with Gasteiger partial charge < -0.3 is 14.3 Å². The van der Waals surface area contributed by atoms with Crippen LogP contribution in [0.15, 0.2) is 82.0 Å². The van der Waals surface area contributed by atoms with Gasteiger partial charge in [0, 0.05) is 11.6 Å². The number of para-hydroxylation sites is 1. The molecule has 0 bridgehead atoms. The molecule has 0 unspecified atom stereocenters. The zero-order valence-electron chi connectivity index (χ0n) is 18.4. The lowest BCUT2D eigenvalue weighted by molar-refractivity contribution is 0.0663. The zero-order valence-corrected chi connectivity index (χ0v) is 18.4. The van der Waals surface area contributed by atoms with Gasteiger partial charge in [0.2, 0.25) is 5.76 Å². The minimum absolute atomic E-state index is 0.167. The number of halogens is 1. The second-order valence-electron chi connectivity index (χ2n) is 7.80. The molecule has 0 aliphatic heterocycles. The standard InChI is InChI=1S/C28H23FO5/c29-24-10-2-1-6-20(24)7-3-4-17-33-22-15-12-19(13-16-22)11-14-21-8-5-9-23-25(30)18-26(28(31)32)34-27(21)23/h1-2,5-6,8-16,18H,3-4,7,17H2,(H,31,32)/b14-11+. The molecule has 0 atom stereocenters. The Balaban J connectivity index is 1.36. The maximum Gasteiger partial charge on any atom is 0.371 e. The van der Waals surface area contributed by atoms with Crippen molar-refractivity contribution in [1.29, 1.82) is 0 Å². The van der Waals surface area contributed by atoms with Crippen LogP contribution >= 0.6 is 0 Å². The molecule has 3 aromatic carbocycles. The van der Waals surface area contributed by atoms with Gasteiger partial charge in [0.1, 0.15) is 17.1 Å². The van der Waals surface area contributed by atoms with Gasteiger partial charge in [-0.15, -0.1) is 0 Å². The quantitative estimate of drug-likeness (QED) is 0.239. The average Bonchev–Trinajstić information content (AvgIpc) is 2.84. The van der Waals surface area contributed by atoms with Crippen molar-refractivity contribution in [2.45, 2.75) is 19.3 Å². The van der Waals surface area contributed by atoms with E-state index in [1.54, 1.807) is 36.4 Å². The Morgan fingerprint density at radius 1 is 0.971 bits per heavy atom. The van der Waals surface area contributed by atoms with Gasteiger partial charge in [-0.2, -0.15) is 0 Å². The monoisotopic (exact) mass is 458 g/mol. The normalized spacial score (nSPS) is 11.2. The molecule has 0 saturated carbocycles. The van der Waals surface area contributed by atoms with Gasteiger partial charge in [-0.05, 0) is 54.7 Å². The molecule has 0 fully saturated rings. The van der Waals surface area contributed by atoms with Crippen molar-refractivity contribution >= 4 is 29.1 Å². The van der Waals surface area contributed by atoms with E-state index in [4.69, 9.17) is 9.15 Å². The van der Waals surface area contributed by atoms with Gasteiger partial charge in [-0.3, -0.25) is 4.79 Å². The number of carboxylic acids is 1. The summed E-state index contributed by atoms with van der Waals surface area (Å²) in [5, 5.41) is 9.50. The summed E-state index contributed by atoms with van der Waals surface area (Å²) in [6.07, 6.45) is 5.96. The first-order valence-electron chi connectivity index (χ1n) is 11.0. The molecule has 0 spiro atoms. The summed E-state index contributed by atoms with van der Waals surface area (Å²) in [6.45, 7) is 0.546. The van der Waals surface area contributed by atoms with Crippen LogP contribution in [0, 0.1) is 5.82 Å². The predicted octanol–water partition coefficient (Wildman–Crippen LogP) is 6.20. The zero-order chi connectivity index (χ0) is 23.9. The highest BCUT2D eigenvalue weighted by molar-refractivity contribution is 5.91. The molecule has 0 aliphatic carbocycles. The van der Waals surface area contributed by atoms with Gasteiger partial charge in [-0.1, -0.05) is 54.6 Å². The molecular weight excluding hydrogens is 435 g/mol. The maximum atomic E-state index is 13.6. The van der Waals surface area contributed by atoms with Gasteiger partial charge in [-0.25, -0.2) is 9.18 Å². The van der Waals surface area contributed by atoms with Crippen LogP contribution in [0.2, 0.25) is 0 Å². The van der Waals surface area contributed by atoms with Crippen molar-refractivity contribution in [1.82, 2.24) is 0 Å². The van der Waals surface area contributed by atoms with Crippen LogP contribution in [0.1, 0.15) is 40.1 Å². The van der Waals surface area contributed by atoms with Crippen molar-refractivity contribution in [3.05, 3.63) is 111 Å². The van der Waals surface area contributed by atoms with Crippen molar-refractivity contribution in [3.63, 3.8) is 0 Å². The number of ether oxygens (including phenoxy) is 1. The number of rotatable bonds is 9. The fourth-order valence-corrected chi connectivity index (χ4v) is 3.61. The van der Waals surface area contributed by atoms with Crippen LogP contribution in [0.3, 0.4) is 0 Å². The average molecular weight is 458 g/mol. The summed E-state index contributed by atoms with van der Waals surface area (Å²) < 4.78 is 24.9. The number of hydrogen-bond donors (Lipinski definition) is 1. The minimum atomic E-state index is -1.29. The molecule has 1 heterocycles. The SMILES string of the molecule is O=C(O)c1cc(=O)c2cccc(/C=C/c3ccc(OCCCCc4ccccc4F)cc3)c2o1. The third-order valence-corrected chi connectivity index (χ3v) is 5.40. The van der Waals surface area contributed by atoms with Crippen LogP contribution in [0.5, 0.6) is 5.75 Å². The first-order valence-corrected chi connectivity index (χ1v) is 11.0. The number of hydrogen-bond acceptors (Lipinski definition) is 4. The first kappa shape index (κ1) is 23.0. The molecule has 0 aliphatic rings. The Labute approximate surface area is 195 Å². The van der Waals surface area contributed by atoms with E-state index in [9.17, 15) is 19.1 Å². The van der Waals surface area contributed by atoms with Gasteiger partial charge >= 0.3 is 5.97 Å². The molecule has 4 rings (SSSR count). The topological polar surface area (TPSA) is 76.7 Å². The Morgan fingerprint density at radius 3 is 2.53 bits per heavy atom. The molecule has 5 nitrogen and oxygen atoms in total. The largest absolute Gasteiger partial charge is 0.494 e. The number of fused-ring (bicyclic) bond motifs is 1. The molecular formula is C28H23FO5. The number of unbranched alkanes of at least 4 members (excludes halogenated alkanes) is 1. The Hall–Kier alpha value is -4.19. The molecule has 172 valence electrons. The second-order valence-corrected chi connectivity index (χ2v) is 7.80. The molecule has 4 aromatic rings. The van der Waals surface area contributed by atoms with Crippen molar-refractivity contribution in [2.24, 2.45) is 0 Å². The van der Waals surface area contributed by atoms with Gasteiger partial charge in [0.25, 0.3) is 0 Å². The minimum Gasteiger partial charge on any atom is -0.494 e. The number of carbonyl (C=O) groups is 1. The van der Waals surface area contributed by atoms with Crippen LogP contribution in [-0.4, -0.2) is 17.7 Å². The highest BCUT2D eigenvalue weighted by Crippen LogP contribution is 2.21. The highest BCUT2D eigenvalue weighted by Gasteiger charge is 2.12. The van der Waals surface area contributed by atoms with E-state index < -0.39 is 17.2 Å². The van der Waals surface area contributed by atoms with E-state index in [-0.39, 0.29) is 11.4 Å². The van der Waals surface area contributed by atoms with E-state index >= 15 is 0 Å². The molecule has 0 amide bonds. The fraction of sp³-hybridized carbons (Fsp3) is 0.143. The highest BCUT2D eigenvalue weighted by atomic mass is 19.1. The summed E-state index contributed by atoms with van der Waals surface area (Å²) >= 11 is 0. The lowest BCUT2D eigenvalue weighted by Crippen LogP contribution is -2.06. The van der Waals surface area contributed by atoms with E-state index in [1.165, 1.54) is 6.07 Å². The summed E-state index contributed by atoms with van der Waals surface area (Å²) in [7, 11) is 0. The van der Waals surface area contributed by atoms with Crippen LogP contribution < -0.4 is 10.2 Å². The number of benzene rings is 3. The summed E-state index contributed by atoms with van der Waals surface area (Å²) in [5.41, 5.74) is 2.07. The van der Waals surface area contributed by atoms with Crippen LogP contribution in [0.4, 0.5) is 4.39 Å². The Kier molecular flexibility index (Phi) is 7.18. The first-order chi connectivity index (χ1) is 16.5. The Bertz CT molecular complexity index is 1390. The maximum absolute atomic E-state index is 13.6. The lowest BCUT2D eigenvalue weighted by Gasteiger charge is -2.07. The third-order valence-electron chi connectivity index (χ3n) is 5.40. The third kappa shape index (κ3) is 5.59. The van der Waals surface area contributed by atoms with Crippen LogP contribution in [0.25, 0.3) is 23.1 Å². The molecule has 0 saturated heterocycles. The number of carboxylic acid groups (broad SMARTS) is 1. The lowest BCUT2D eigenvalue weighted by atomic mass is 10.1. The Morgan fingerprint density at radius 2 is 1.76 bits per heavy atom. The molecule has 1 aromatic heterocycles. The van der Waals surface area contributed by atoms with E-state index in [2.05, 4.69) is 0 Å². The molecule has 34 heavy (non-hydrogen) atoms. The van der Waals surface area contributed by atoms with Gasteiger partial charge in [0.15, 0.2) is 5.43 Å². The van der Waals surface area contributed by atoms with E-state index in [1.807, 2.05) is 36.4 Å². The predicted molar refractivity (Wildman–Crippen MR) is 130 cm³/mol. The van der Waals surface area contributed by atoms with E-state index in [0.29, 0.717) is 24.0 Å². The molecule has 6 heteroatoms.